The van der Waals surface area contributed by atoms with Crippen LogP contribution in [0, 0.1) is 0 Å². The Hall–Kier alpha value is -2.48. The summed E-state index contributed by atoms with van der Waals surface area (Å²) in [6.07, 6.45) is 5.42. The number of ether oxygens (including phenoxy) is 1. The Balaban J connectivity index is 1.61. The quantitative estimate of drug-likeness (QED) is 0.818. The largest absolute Gasteiger partial charge is 0.372 e. The smallest absolute Gasteiger partial charge is 0.262 e. The predicted octanol–water partition coefficient (Wildman–Crippen LogP) is 0.984. The minimum Gasteiger partial charge on any atom is -0.372 e. The fourth-order valence-electron chi connectivity index (χ4n) is 3.32. The Kier molecular flexibility index (Phi) is 3.49. The maximum atomic E-state index is 12.6. The average Bonchev–Trinajstić information content (AvgIpc) is 3.10. The second-order valence-electron chi connectivity index (χ2n) is 6.46. The van der Waals surface area contributed by atoms with Crippen LogP contribution in [0.2, 0.25) is 0 Å². The highest BCUT2D eigenvalue weighted by atomic mass is 16.5. The lowest BCUT2D eigenvalue weighted by Gasteiger charge is -2.35. The maximum absolute atomic E-state index is 12.6. The van der Waals surface area contributed by atoms with Crippen LogP contribution in [0.5, 0.6) is 0 Å². The summed E-state index contributed by atoms with van der Waals surface area (Å²) in [5.74, 6) is 0.588. The summed E-state index contributed by atoms with van der Waals surface area (Å²) in [6.45, 7) is 6.05. The minimum atomic E-state index is -0.0757. The third kappa shape index (κ3) is 2.52. The molecule has 8 nitrogen and oxygen atoms in total. The summed E-state index contributed by atoms with van der Waals surface area (Å²) < 4.78 is 7.44. The van der Waals surface area contributed by atoms with Gasteiger partial charge in [-0.3, -0.25) is 14.4 Å². The number of anilines is 2. The number of fused-ring (bicyclic) bond motifs is 1. The molecule has 4 heterocycles. The monoisotopic (exact) mass is 328 g/mol. The van der Waals surface area contributed by atoms with Crippen molar-refractivity contribution in [1.82, 2.24) is 19.7 Å². The second kappa shape index (κ2) is 5.55. The van der Waals surface area contributed by atoms with E-state index in [0.717, 1.165) is 24.5 Å². The molecule has 2 atom stereocenters. The van der Waals surface area contributed by atoms with Crippen molar-refractivity contribution in [3.8, 4) is 0 Å². The van der Waals surface area contributed by atoms with Crippen LogP contribution in [0.1, 0.15) is 29.9 Å². The van der Waals surface area contributed by atoms with Gasteiger partial charge < -0.3 is 9.64 Å². The highest BCUT2D eigenvalue weighted by molar-refractivity contribution is 6.09. The summed E-state index contributed by atoms with van der Waals surface area (Å²) >= 11 is 0. The van der Waals surface area contributed by atoms with Gasteiger partial charge in [0.15, 0.2) is 0 Å². The zero-order chi connectivity index (χ0) is 16.8. The molecule has 0 saturated carbocycles. The van der Waals surface area contributed by atoms with Crippen molar-refractivity contribution >= 4 is 17.5 Å². The van der Waals surface area contributed by atoms with Crippen molar-refractivity contribution in [2.24, 2.45) is 7.05 Å². The number of hydrogen-bond donors (Lipinski definition) is 0. The van der Waals surface area contributed by atoms with Crippen LogP contribution >= 0.6 is 0 Å². The van der Waals surface area contributed by atoms with E-state index in [1.165, 1.54) is 0 Å². The zero-order valence-electron chi connectivity index (χ0n) is 14.0. The van der Waals surface area contributed by atoms with E-state index in [0.29, 0.717) is 18.1 Å². The van der Waals surface area contributed by atoms with E-state index in [1.54, 1.807) is 22.0 Å². The maximum Gasteiger partial charge on any atom is 0.262 e. The standard InChI is InChI=1S/C16H20N6O2/c1-10-6-21(7-11(2)24-10)16-17-5-13-14(19-16)9-22(15(13)23)12-4-18-20(3)8-12/h4-5,8,10-11H,6-7,9H2,1-3H3. The molecule has 0 spiro atoms. The first kappa shape index (κ1) is 15.1. The van der Waals surface area contributed by atoms with E-state index >= 15 is 0 Å². The van der Waals surface area contributed by atoms with Crippen molar-refractivity contribution in [1.29, 1.82) is 0 Å². The molecule has 0 radical (unpaired) electrons. The molecule has 126 valence electrons. The number of nitrogens with zero attached hydrogens (tertiary/aromatic N) is 6. The Morgan fingerprint density at radius 1 is 1.21 bits per heavy atom. The highest BCUT2D eigenvalue weighted by Gasteiger charge is 2.32. The summed E-state index contributed by atoms with van der Waals surface area (Å²) in [6, 6.07) is 0. The van der Waals surface area contributed by atoms with Crippen molar-refractivity contribution < 1.29 is 9.53 Å². The van der Waals surface area contributed by atoms with Crippen LogP contribution in [-0.2, 0) is 18.3 Å². The number of aryl methyl sites for hydroxylation is 1. The topological polar surface area (TPSA) is 76.4 Å². The van der Waals surface area contributed by atoms with Crippen LogP contribution in [-0.4, -0.2) is 51.0 Å². The average molecular weight is 328 g/mol. The number of aromatic nitrogens is 4. The molecule has 24 heavy (non-hydrogen) atoms. The number of carbonyl (C=O) groups is 1. The Morgan fingerprint density at radius 2 is 1.96 bits per heavy atom. The summed E-state index contributed by atoms with van der Waals surface area (Å²) in [7, 11) is 1.83. The molecule has 1 amide bonds. The van der Waals surface area contributed by atoms with Gasteiger partial charge in [-0.25, -0.2) is 9.97 Å². The number of rotatable bonds is 2. The SMILES string of the molecule is CC1CN(c2ncc3c(n2)CN(c2cnn(C)c2)C3=O)CC(C)O1. The number of carbonyl (C=O) groups excluding carboxylic acids is 1. The van der Waals surface area contributed by atoms with Gasteiger partial charge in [-0.15, -0.1) is 0 Å². The molecule has 0 N–H and O–H groups in total. The predicted molar refractivity (Wildman–Crippen MR) is 88.0 cm³/mol. The molecule has 2 aromatic heterocycles. The first-order chi connectivity index (χ1) is 11.5. The van der Waals surface area contributed by atoms with E-state index < -0.39 is 0 Å². The molecule has 0 aromatic carbocycles. The lowest BCUT2D eigenvalue weighted by atomic mass is 10.2. The van der Waals surface area contributed by atoms with Gasteiger partial charge in [0.2, 0.25) is 5.95 Å². The van der Waals surface area contributed by atoms with Crippen LogP contribution in [0.3, 0.4) is 0 Å². The molecule has 1 fully saturated rings. The van der Waals surface area contributed by atoms with Crippen LogP contribution in [0.15, 0.2) is 18.6 Å². The van der Waals surface area contributed by atoms with E-state index in [1.807, 2.05) is 27.1 Å². The number of hydrogen-bond acceptors (Lipinski definition) is 6. The van der Waals surface area contributed by atoms with Crippen molar-refractivity contribution in [2.45, 2.75) is 32.6 Å². The normalized spacial score (nSPS) is 23.7. The first-order valence-corrected chi connectivity index (χ1v) is 8.08. The summed E-state index contributed by atoms with van der Waals surface area (Å²) in [5.41, 5.74) is 2.10. The molecular weight excluding hydrogens is 308 g/mol. The lowest BCUT2D eigenvalue weighted by Crippen LogP contribution is -2.46. The highest BCUT2D eigenvalue weighted by Crippen LogP contribution is 2.28. The zero-order valence-corrected chi connectivity index (χ0v) is 14.0. The molecule has 2 unspecified atom stereocenters. The summed E-state index contributed by atoms with van der Waals surface area (Å²) in [5, 5.41) is 4.13. The van der Waals surface area contributed by atoms with Crippen LogP contribution < -0.4 is 9.80 Å². The van der Waals surface area contributed by atoms with Crippen molar-refractivity contribution in [3.63, 3.8) is 0 Å². The second-order valence-corrected chi connectivity index (χ2v) is 6.46. The van der Waals surface area contributed by atoms with Crippen LogP contribution in [0.25, 0.3) is 0 Å². The van der Waals surface area contributed by atoms with Gasteiger partial charge in [0.1, 0.15) is 0 Å². The van der Waals surface area contributed by atoms with Crippen molar-refractivity contribution in [2.75, 3.05) is 22.9 Å². The fourth-order valence-corrected chi connectivity index (χ4v) is 3.32. The molecule has 2 aliphatic rings. The lowest BCUT2D eigenvalue weighted by molar-refractivity contribution is -0.00573. The molecule has 0 bridgehead atoms. The van der Waals surface area contributed by atoms with Gasteiger partial charge in [0.25, 0.3) is 5.91 Å². The molecule has 8 heteroatoms. The molecule has 1 saturated heterocycles. The van der Waals surface area contributed by atoms with E-state index in [-0.39, 0.29) is 18.1 Å². The van der Waals surface area contributed by atoms with Gasteiger partial charge in [-0.2, -0.15) is 5.10 Å². The van der Waals surface area contributed by atoms with Crippen molar-refractivity contribution in [3.05, 3.63) is 29.8 Å². The third-order valence-corrected chi connectivity index (χ3v) is 4.34. The Morgan fingerprint density at radius 3 is 2.62 bits per heavy atom. The first-order valence-electron chi connectivity index (χ1n) is 8.08. The van der Waals surface area contributed by atoms with Gasteiger partial charge in [0.05, 0.1) is 41.9 Å². The van der Waals surface area contributed by atoms with Crippen LogP contribution in [0.4, 0.5) is 11.6 Å². The Labute approximate surface area is 140 Å². The Bertz CT molecular complexity index is 779. The molecular formula is C16H20N6O2. The third-order valence-electron chi connectivity index (χ3n) is 4.34. The molecule has 2 aromatic rings. The number of morpholine rings is 1. The molecule has 0 aliphatic carbocycles. The fraction of sp³-hybridized carbons (Fsp3) is 0.500. The minimum absolute atomic E-state index is 0.0757. The van der Waals surface area contributed by atoms with E-state index in [4.69, 9.17) is 4.74 Å². The van der Waals surface area contributed by atoms with Gasteiger partial charge >= 0.3 is 0 Å². The van der Waals surface area contributed by atoms with E-state index in [9.17, 15) is 4.79 Å². The van der Waals surface area contributed by atoms with E-state index in [2.05, 4.69) is 20.0 Å². The molecule has 4 rings (SSSR count). The number of amides is 1. The van der Waals surface area contributed by atoms with Gasteiger partial charge in [-0.05, 0) is 13.8 Å². The van der Waals surface area contributed by atoms with Gasteiger partial charge in [-0.1, -0.05) is 0 Å². The molecule has 2 aliphatic heterocycles. The summed E-state index contributed by atoms with van der Waals surface area (Å²) in [4.78, 5) is 25.4. The van der Waals surface area contributed by atoms with Gasteiger partial charge in [0, 0.05) is 32.5 Å².